The Bertz CT molecular complexity index is 308. The lowest BCUT2D eigenvalue weighted by Gasteiger charge is -2.27. The second kappa shape index (κ2) is 4.51. The molecule has 1 aliphatic carbocycles. The van der Waals surface area contributed by atoms with Crippen molar-refractivity contribution in [3.8, 4) is 0 Å². The first-order chi connectivity index (χ1) is 7.25. The van der Waals surface area contributed by atoms with Gasteiger partial charge < -0.3 is 9.88 Å². The average Bonchev–Trinajstić information content (AvgIpc) is 2.74. The van der Waals surface area contributed by atoms with Gasteiger partial charge >= 0.3 is 0 Å². The Balaban J connectivity index is 1.84. The summed E-state index contributed by atoms with van der Waals surface area (Å²) in [5.74, 6) is 1.12. The summed E-state index contributed by atoms with van der Waals surface area (Å²) in [5.41, 5.74) is 1.23. The van der Waals surface area contributed by atoms with Gasteiger partial charge in [-0.25, -0.2) is 0 Å². The van der Waals surface area contributed by atoms with E-state index in [0.717, 1.165) is 32.2 Å². The number of carbonyl (C=O) groups is 1. The molecule has 1 aliphatic rings. The number of aromatic amines is 1. The van der Waals surface area contributed by atoms with E-state index in [1.165, 1.54) is 5.69 Å². The summed E-state index contributed by atoms with van der Waals surface area (Å²) in [6, 6.07) is 2.08. The third-order valence-electron chi connectivity index (χ3n) is 3.22. The Hall–Kier alpha value is -1.25. The van der Waals surface area contributed by atoms with Crippen molar-refractivity contribution in [2.24, 2.45) is 5.92 Å². The number of carbonyl (C=O) groups excluding carboxylic acids is 1. The molecule has 82 valence electrons. The van der Waals surface area contributed by atoms with E-state index in [0.29, 0.717) is 11.7 Å². The normalized spacial score (nSPS) is 18.1. The van der Waals surface area contributed by atoms with Gasteiger partial charge in [-0.3, -0.25) is 4.79 Å². The lowest BCUT2D eigenvalue weighted by atomic mass is 9.88. The Labute approximate surface area is 90.5 Å². The summed E-state index contributed by atoms with van der Waals surface area (Å²) < 4.78 is 0. The van der Waals surface area contributed by atoms with Crippen molar-refractivity contribution < 1.29 is 4.79 Å². The molecule has 0 radical (unpaired) electrons. The van der Waals surface area contributed by atoms with Crippen molar-refractivity contribution in [2.45, 2.75) is 25.7 Å². The van der Waals surface area contributed by atoms with E-state index in [1.54, 1.807) is 0 Å². The number of ketones is 1. The summed E-state index contributed by atoms with van der Waals surface area (Å²) in [5, 5.41) is 0. The Kier molecular flexibility index (Phi) is 3.09. The van der Waals surface area contributed by atoms with Gasteiger partial charge in [0.2, 0.25) is 0 Å². The number of aromatic nitrogens is 1. The molecule has 0 bridgehead atoms. The van der Waals surface area contributed by atoms with Crippen molar-refractivity contribution in [1.82, 2.24) is 4.98 Å². The largest absolute Gasteiger partial charge is 0.373 e. The summed E-state index contributed by atoms with van der Waals surface area (Å²) in [4.78, 5) is 16.4. The molecule has 1 aromatic heterocycles. The van der Waals surface area contributed by atoms with E-state index in [1.807, 2.05) is 12.4 Å². The summed E-state index contributed by atoms with van der Waals surface area (Å²) >= 11 is 0. The molecule has 0 atom stereocenters. The molecular weight excluding hydrogens is 188 g/mol. The first-order valence-electron chi connectivity index (χ1n) is 5.61. The van der Waals surface area contributed by atoms with Gasteiger partial charge in [-0.05, 0) is 24.8 Å². The molecule has 2 rings (SSSR count). The highest BCUT2D eigenvalue weighted by atomic mass is 16.1. The van der Waals surface area contributed by atoms with Crippen LogP contribution in [-0.2, 0) is 4.79 Å². The van der Waals surface area contributed by atoms with Crippen molar-refractivity contribution in [3.05, 3.63) is 18.5 Å². The predicted molar refractivity (Wildman–Crippen MR) is 61.0 cm³/mol. The molecular formula is C12H18N2O. The summed E-state index contributed by atoms with van der Waals surface area (Å²) in [7, 11) is 2.11. The van der Waals surface area contributed by atoms with E-state index in [9.17, 15) is 4.79 Å². The molecule has 0 aromatic carbocycles. The minimum atomic E-state index is 0.440. The maximum absolute atomic E-state index is 11.1. The first-order valence-corrected chi connectivity index (χ1v) is 5.61. The van der Waals surface area contributed by atoms with Gasteiger partial charge in [-0.1, -0.05) is 0 Å². The highest BCUT2D eigenvalue weighted by Gasteiger charge is 2.19. The van der Waals surface area contributed by atoms with Crippen molar-refractivity contribution in [1.29, 1.82) is 0 Å². The predicted octanol–water partition coefficient (Wildman–Crippen LogP) is 2.21. The van der Waals surface area contributed by atoms with E-state index in [4.69, 9.17) is 0 Å². The number of hydrogen-bond acceptors (Lipinski definition) is 2. The van der Waals surface area contributed by atoms with Gasteiger partial charge in [0.1, 0.15) is 5.78 Å². The fourth-order valence-corrected chi connectivity index (χ4v) is 2.23. The molecule has 0 saturated heterocycles. The first kappa shape index (κ1) is 10.3. The van der Waals surface area contributed by atoms with E-state index >= 15 is 0 Å². The topological polar surface area (TPSA) is 36.1 Å². The van der Waals surface area contributed by atoms with Gasteiger partial charge in [0.25, 0.3) is 0 Å². The van der Waals surface area contributed by atoms with Crippen LogP contribution in [0.1, 0.15) is 25.7 Å². The van der Waals surface area contributed by atoms with Crippen LogP contribution in [0.15, 0.2) is 18.5 Å². The van der Waals surface area contributed by atoms with Crippen LogP contribution in [0.3, 0.4) is 0 Å². The molecule has 1 fully saturated rings. The Morgan fingerprint density at radius 3 is 2.80 bits per heavy atom. The van der Waals surface area contributed by atoms with Crippen LogP contribution >= 0.6 is 0 Å². The Morgan fingerprint density at radius 1 is 1.47 bits per heavy atom. The van der Waals surface area contributed by atoms with Crippen LogP contribution in [0.25, 0.3) is 0 Å². The maximum Gasteiger partial charge on any atom is 0.132 e. The number of nitrogens with one attached hydrogen (secondary N) is 1. The molecule has 15 heavy (non-hydrogen) atoms. The van der Waals surface area contributed by atoms with Crippen molar-refractivity contribution in [3.63, 3.8) is 0 Å². The van der Waals surface area contributed by atoms with Gasteiger partial charge in [-0.2, -0.15) is 0 Å². The average molecular weight is 206 g/mol. The van der Waals surface area contributed by atoms with Crippen molar-refractivity contribution in [2.75, 3.05) is 18.5 Å². The number of anilines is 1. The highest BCUT2D eigenvalue weighted by Crippen LogP contribution is 2.23. The SMILES string of the molecule is CN(CC1CCC(=O)CC1)c1cc[nH]c1. The fourth-order valence-electron chi connectivity index (χ4n) is 2.23. The third-order valence-corrected chi connectivity index (χ3v) is 3.22. The standard InChI is InChI=1S/C12H18N2O/c1-14(11-6-7-13-8-11)9-10-2-4-12(15)5-3-10/h6-8,10,13H,2-5,9H2,1H3. The smallest absolute Gasteiger partial charge is 0.132 e. The zero-order chi connectivity index (χ0) is 10.7. The lowest BCUT2D eigenvalue weighted by molar-refractivity contribution is -0.120. The highest BCUT2D eigenvalue weighted by molar-refractivity contribution is 5.79. The van der Waals surface area contributed by atoms with Crippen LogP contribution in [0.4, 0.5) is 5.69 Å². The monoisotopic (exact) mass is 206 g/mol. The number of H-pyrrole nitrogens is 1. The van der Waals surface area contributed by atoms with Crippen LogP contribution in [0.5, 0.6) is 0 Å². The molecule has 3 nitrogen and oxygen atoms in total. The summed E-state index contributed by atoms with van der Waals surface area (Å²) in [6.45, 7) is 1.06. The quantitative estimate of drug-likeness (QED) is 0.823. The van der Waals surface area contributed by atoms with Gasteiger partial charge in [0.05, 0.1) is 5.69 Å². The molecule has 0 spiro atoms. The minimum absolute atomic E-state index is 0.440. The Morgan fingerprint density at radius 2 is 2.20 bits per heavy atom. The summed E-state index contributed by atoms with van der Waals surface area (Å²) in [6.07, 6.45) is 7.64. The lowest BCUT2D eigenvalue weighted by Crippen LogP contribution is -2.28. The second-order valence-electron chi connectivity index (χ2n) is 4.43. The van der Waals surface area contributed by atoms with Crippen LogP contribution in [-0.4, -0.2) is 24.4 Å². The van der Waals surface area contributed by atoms with E-state index in [-0.39, 0.29) is 0 Å². The molecule has 1 aromatic rings. The molecule has 0 unspecified atom stereocenters. The third kappa shape index (κ3) is 2.61. The molecule has 1 heterocycles. The van der Waals surface area contributed by atoms with Gasteiger partial charge in [0.15, 0.2) is 0 Å². The van der Waals surface area contributed by atoms with Crippen LogP contribution in [0.2, 0.25) is 0 Å². The number of Topliss-reactive ketones (excluding diaryl/α,β-unsaturated/α-hetero) is 1. The van der Waals surface area contributed by atoms with Crippen LogP contribution in [0, 0.1) is 5.92 Å². The fraction of sp³-hybridized carbons (Fsp3) is 0.583. The minimum Gasteiger partial charge on any atom is -0.373 e. The number of nitrogens with zero attached hydrogens (tertiary/aromatic N) is 1. The van der Waals surface area contributed by atoms with E-state index in [2.05, 4.69) is 23.0 Å². The molecule has 1 saturated carbocycles. The second-order valence-corrected chi connectivity index (χ2v) is 4.43. The molecule has 1 N–H and O–H groups in total. The van der Waals surface area contributed by atoms with Crippen LogP contribution < -0.4 is 4.90 Å². The molecule has 0 amide bonds. The van der Waals surface area contributed by atoms with Crippen molar-refractivity contribution >= 4 is 11.5 Å². The van der Waals surface area contributed by atoms with Gasteiger partial charge in [-0.15, -0.1) is 0 Å². The molecule has 0 aliphatic heterocycles. The zero-order valence-corrected chi connectivity index (χ0v) is 9.20. The number of rotatable bonds is 3. The molecule has 3 heteroatoms. The maximum atomic E-state index is 11.1. The zero-order valence-electron chi connectivity index (χ0n) is 9.20. The van der Waals surface area contributed by atoms with Gasteiger partial charge in [0, 0.05) is 38.8 Å². The van der Waals surface area contributed by atoms with E-state index < -0.39 is 0 Å². The number of hydrogen-bond donors (Lipinski definition) is 1.